The molecule has 0 N–H and O–H groups in total. The van der Waals surface area contributed by atoms with E-state index >= 15 is 0 Å². The predicted octanol–water partition coefficient (Wildman–Crippen LogP) is 3.38. The highest BCUT2D eigenvalue weighted by Crippen LogP contribution is 2.24. The molecule has 1 rings (SSSR count). The fourth-order valence-electron chi connectivity index (χ4n) is 0.987. The molecule has 1 heterocycles. The molecule has 0 radical (unpaired) electrons. The monoisotopic (exact) mass is 194 g/mol. The van der Waals surface area contributed by atoms with E-state index in [-0.39, 0.29) is 0 Å². The molecular weight excluding hydrogens is 180 g/mol. The lowest BCUT2D eigenvalue weighted by Crippen LogP contribution is -1.89. The van der Waals surface area contributed by atoms with Gasteiger partial charge in [-0.1, -0.05) is 27.0 Å². The van der Waals surface area contributed by atoms with Gasteiger partial charge in [-0.2, -0.15) is 8.75 Å². The van der Waals surface area contributed by atoms with Crippen LogP contribution in [0.3, 0.4) is 0 Å². The smallest absolute Gasteiger partial charge is 0.107 e. The first kappa shape index (κ1) is 10.1. The molecule has 0 unspecified atom stereocenters. The predicted molar refractivity (Wildman–Crippen MR) is 58.6 cm³/mol. The fraction of sp³-hybridized carbons (Fsp3) is 0.400. The summed E-state index contributed by atoms with van der Waals surface area (Å²) in [5.41, 5.74) is 3.94. The minimum Gasteiger partial charge on any atom is -0.173 e. The standard InChI is InChI=1S/C10H14N2S/c1-5-7(3)9-10(8(4)6-2)12-13-11-9/h3-6H2,1-2H3. The summed E-state index contributed by atoms with van der Waals surface area (Å²) in [6.45, 7) is 12.1. The van der Waals surface area contributed by atoms with Crippen LogP contribution in [-0.2, 0) is 0 Å². The number of rotatable bonds is 4. The van der Waals surface area contributed by atoms with Crippen molar-refractivity contribution in [2.75, 3.05) is 0 Å². The van der Waals surface area contributed by atoms with Gasteiger partial charge in [0.25, 0.3) is 0 Å². The first-order valence-electron chi connectivity index (χ1n) is 4.39. The second kappa shape index (κ2) is 4.33. The summed E-state index contributed by atoms with van der Waals surface area (Å²) in [6, 6.07) is 0. The lowest BCUT2D eigenvalue weighted by Gasteiger charge is -2.02. The molecule has 0 saturated heterocycles. The summed E-state index contributed by atoms with van der Waals surface area (Å²) in [6.07, 6.45) is 1.82. The van der Waals surface area contributed by atoms with Gasteiger partial charge in [-0.05, 0) is 24.0 Å². The van der Waals surface area contributed by atoms with Crippen LogP contribution in [0.4, 0.5) is 0 Å². The third-order valence-electron chi connectivity index (χ3n) is 2.01. The van der Waals surface area contributed by atoms with Crippen LogP contribution in [0.5, 0.6) is 0 Å². The van der Waals surface area contributed by atoms with Gasteiger partial charge in [0, 0.05) is 0 Å². The molecule has 0 aliphatic rings. The minimum absolute atomic E-state index is 0.912. The Morgan fingerprint density at radius 3 is 1.77 bits per heavy atom. The van der Waals surface area contributed by atoms with E-state index < -0.39 is 0 Å². The van der Waals surface area contributed by atoms with Crippen LogP contribution in [0.25, 0.3) is 11.1 Å². The molecule has 0 atom stereocenters. The van der Waals surface area contributed by atoms with Crippen molar-refractivity contribution in [1.29, 1.82) is 0 Å². The Morgan fingerprint density at radius 1 is 1.08 bits per heavy atom. The third-order valence-corrected chi connectivity index (χ3v) is 2.54. The van der Waals surface area contributed by atoms with E-state index in [1.165, 1.54) is 11.7 Å². The van der Waals surface area contributed by atoms with Gasteiger partial charge in [-0.3, -0.25) is 0 Å². The summed E-state index contributed by atoms with van der Waals surface area (Å²) >= 11 is 1.23. The third kappa shape index (κ3) is 2.04. The van der Waals surface area contributed by atoms with Crippen molar-refractivity contribution in [2.24, 2.45) is 0 Å². The molecule has 0 aliphatic carbocycles. The number of hydrogen-bond acceptors (Lipinski definition) is 3. The van der Waals surface area contributed by atoms with Gasteiger partial charge in [0.2, 0.25) is 0 Å². The lowest BCUT2D eigenvalue weighted by atomic mass is 10.0. The zero-order valence-corrected chi connectivity index (χ0v) is 8.95. The molecule has 0 aromatic carbocycles. The number of allylic oxidation sites excluding steroid dienone is 2. The SMILES string of the molecule is C=C(CC)c1nsnc1C(=C)CC. The van der Waals surface area contributed by atoms with E-state index in [4.69, 9.17) is 0 Å². The minimum atomic E-state index is 0.912. The highest BCUT2D eigenvalue weighted by atomic mass is 32.1. The largest absolute Gasteiger partial charge is 0.173 e. The zero-order valence-electron chi connectivity index (χ0n) is 8.13. The van der Waals surface area contributed by atoms with E-state index in [0.717, 1.165) is 35.4 Å². The van der Waals surface area contributed by atoms with Crippen molar-refractivity contribution in [3.63, 3.8) is 0 Å². The number of hydrogen-bond donors (Lipinski definition) is 0. The Balaban J connectivity index is 3.02. The highest BCUT2D eigenvalue weighted by Gasteiger charge is 2.11. The van der Waals surface area contributed by atoms with Crippen molar-refractivity contribution in [2.45, 2.75) is 26.7 Å². The van der Waals surface area contributed by atoms with Crippen molar-refractivity contribution in [3.8, 4) is 0 Å². The second-order valence-electron chi connectivity index (χ2n) is 2.88. The molecule has 13 heavy (non-hydrogen) atoms. The van der Waals surface area contributed by atoms with Gasteiger partial charge in [-0.25, -0.2) is 0 Å². The Morgan fingerprint density at radius 2 is 1.46 bits per heavy atom. The maximum atomic E-state index is 4.23. The Bertz CT molecular complexity index is 295. The van der Waals surface area contributed by atoms with Crippen molar-refractivity contribution in [3.05, 3.63) is 24.5 Å². The van der Waals surface area contributed by atoms with Crippen LogP contribution in [-0.4, -0.2) is 8.75 Å². The molecule has 0 fully saturated rings. The molecule has 0 saturated carbocycles. The lowest BCUT2D eigenvalue weighted by molar-refractivity contribution is 1.18. The molecule has 70 valence electrons. The van der Waals surface area contributed by atoms with E-state index in [9.17, 15) is 0 Å². The van der Waals surface area contributed by atoms with Crippen LogP contribution < -0.4 is 0 Å². The van der Waals surface area contributed by atoms with Gasteiger partial charge in [-0.15, -0.1) is 0 Å². The van der Waals surface area contributed by atoms with Crippen molar-refractivity contribution in [1.82, 2.24) is 8.75 Å². The molecule has 3 heteroatoms. The van der Waals surface area contributed by atoms with Gasteiger partial charge in [0.05, 0.1) is 11.7 Å². The Kier molecular flexibility index (Phi) is 3.37. The molecular formula is C10H14N2S. The Hall–Kier alpha value is -0.960. The van der Waals surface area contributed by atoms with E-state index in [1.807, 2.05) is 0 Å². The maximum Gasteiger partial charge on any atom is 0.107 e. The Labute approximate surface area is 83.3 Å². The second-order valence-corrected chi connectivity index (χ2v) is 3.40. The molecule has 0 bridgehead atoms. The molecule has 1 aromatic rings. The molecule has 0 spiro atoms. The van der Waals surface area contributed by atoms with Crippen molar-refractivity contribution < 1.29 is 0 Å². The maximum absolute atomic E-state index is 4.23. The van der Waals surface area contributed by atoms with Crippen LogP contribution in [0.15, 0.2) is 13.2 Å². The number of nitrogens with zero attached hydrogens (tertiary/aromatic N) is 2. The number of aromatic nitrogens is 2. The highest BCUT2D eigenvalue weighted by molar-refractivity contribution is 6.99. The van der Waals surface area contributed by atoms with Gasteiger partial charge >= 0.3 is 0 Å². The normalized spacial score (nSPS) is 10.0. The first-order valence-corrected chi connectivity index (χ1v) is 5.12. The zero-order chi connectivity index (χ0) is 9.84. The summed E-state index contributed by atoms with van der Waals surface area (Å²) in [5.74, 6) is 0. The van der Waals surface area contributed by atoms with Gasteiger partial charge in [0.1, 0.15) is 11.4 Å². The molecule has 1 aromatic heterocycles. The molecule has 0 aliphatic heterocycles. The summed E-state index contributed by atoms with van der Waals surface area (Å²) in [7, 11) is 0. The summed E-state index contributed by atoms with van der Waals surface area (Å²) in [5, 5.41) is 0. The van der Waals surface area contributed by atoms with Gasteiger partial charge in [0.15, 0.2) is 0 Å². The van der Waals surface area contributed by atoms with Crippen LogP contribution in [0.2, 0.25) is 0 Å². The van der Waals surface area contributed by atoms with E-state index in [2.05, 4.69) is 35.8 Å². The van der Waals surface area contributed by atoms with Crippen LogP contribution in [0.1, 0.15) is 38.1 Å². The van der Waals surface area contributed by atoms with Crippen LogP contribution in [0, 0.1) is 0 Å². The van der Waals surface area contributed by atoms with Gasteiger partial charge < -0.3 is 0 Å². The van der Waals surface area contributed by atoms with E-state index in [1.54, 1.807) is 0 Å². The fourth-order valence-corrected chi connectivity index (χ4v) is 1.62. The van der Waals surface area contributed by atoms with Crippen LogP contribution >= 0.6 is 11.7 Å². The summed E-state index contributed by atoms with van der Waals surface area (Å²) in [4.78, 5) is 0. The van der Waals surface area contributed by atoms with E-state index in [0.29, 0.717) is 0 Å². The summed E-state index contributed by atoms with van der Waals surface area (Å²) < 4.78 is 8.45. The molecule has 2 nitrogen and oxygen atoms in total. The quantitative estimate of drug-likeness (QED) is 0.734. The average Bonchev–Trinajstić information content (AvgIpc) is 2.63. The van der Waals surface area contributed by atoms with Crippen molar-refractivity contribution >= 4 is 22.9 Å². The molecule has 0 amide bonds. The first-order chi connectivity index (χ1) is 6.20. The topological polar surface area (TPSA) is 25.8 Å². The average molecular weight is 194 g/mol.